The second-order valence-electron chi connectivity index (χ2n) is 5.50. The molecule has 2 N–H and O–H groups in total. The lowest BCUT2D eigenvalue weighted by Gasteiger charge is -2.35. The highest BCUT2D eigenvalue weighted by atomic mass is 35.5. The van der Waals surface area contributed by atoms with E-state index in [0.29, 0.717) is 37.9 Å². The Kier molecular flexibility index (Phi) is 4.45. The number of halogens is 1. The minimum atomic E-state index is -0.228. The summed E-state index contributed by atoms with van der Waals surface area (Å²) < 4.78 is 11.1. The number of hydrogen-bond acceptors (Lipinski definition) is 4. The van der Waals surface area contributed by atoms with Gasteiger partial charge in [-0.15, -0.1) is 0 Å². The molecular formula is C15H19ClN2O3. The molecule has 21 heavy (non-hydrogen) atoms. The summed E-state index contributed by atoms with van der Waals surface area (Å²) in [5.74, 6) is -0.156. The lowest BCUT2D eigenvalue weighted by atomic mass is 10.0. The van der Waals surface area contributed by atoms with E-state index in [0.717, 1.165) is 5.56 Å². The van der Waals surface area contributed by atoms with Crippen LogP contribution in [-0.4, -0.2) is 49.8 Å². The van der Waals surface area contributed by atoms with Crippen molar-refractivity contribution >= 4 is 17.5 Å². The first-order valence-electron chi connectivity index (χ1n) is 7.14. The van der Waals surface area contributed by atoms with Gasteiger partial charge in [0.25, 0.3) is 0 Å². The highest BCUT2D eigenvalue weighted by Gasteiger charge is 2.36. The van der Waals surface area contributed by atoms with Gasteiger partial charge in [-0.3, -0.25) is 4.79 Å². The normalized spacial score (nSPS) is 29.6. The smallest absolute Gasteiger partial charge is 0.229 e. The molecule has 0 spiro atoms. The molecule has 2 aliphatic rings. The number of morpholine rings is 1. The van der Waals surface area contributed by atoms with Crippen molar-refractivity contribution in [3.05, 3.63) is 34.9 Å². The van der Waals surface area contributed by atoms with E-state index >= 15 is 0 Å². The molecule has 1 amide bonds. The Bertz CT molecular complexity index is 508. The summed E-state index contributed by atoms with van der Waals surface area (Å²) in [6.45, 7) is 2.56. The van der Waals surface area contributed by atoms with Gasteiger partial charge in [-0.2, -0.15) is 0 Å². The number of nitrogens with zero attached hydrogens (tertiary/aromatic N) is 1. The van der Waals surface area contributed by atoms with Crippen LogP contribution in [0.4, 0.5) is 0 Å². The van der Waals surface area contributed by atoms with Crippen LogP contribution in [0.2, 0.25) is 5.02 Å². The van der Waals surface area contributed by atoms with E-state index in [4.69, 9.17) is 26.8 Å². The Morgan fingerprint density at radius 2 is 2.05 bits per heavy atom. The lowest BCUT2D eigenvalue weighted by molar-refractivity contribution is -0.143. The largest absolute Gasteiger partial charge is 0.379 e. The van der Waals surface area contributed by atoms with Gasteiger partial charge in [0.05, 0.1) is 32.3 Å². The van der Waals surface area contributed by atoms with Crippen molar-refractivity contribution in [2.45, 2.75) is 12.1 Å². The fourth-order valence-electron chi connectivity index (χ4n) is 2.79. The summed E-state index contributed by atoms with van der Waals surface area (Å²) in [7, 11) is 0. The van der Waals surface area contributed by atoms with Crippen molar-refractivity contribution in [1.29, 1.82) is 0 Å². The minimum absolute atomic E-state index is 0.0715. The van der Waals surface area contributed by atoms with E-state index in [1.54, 1.807) is 0 Å². The van der Waals surface area contributed by atoms with Crippen LogP contribution in [0.5, 0.6) is 0 Å². The minimum Gasteiger partial charge on any atom is -0.379 e. The highest BCUT2D eigenvalue weighted by Crippen LogP contribution is 2.25. The van der Waals surface area contributed by atoms with Crippen LogP contribution in [0, 0.1) is 5.92 Å². The van der Waals surface area contributed by atoms with E-state index in [1.807, 2.05) is 29.2 Å². The van der Waals surface area contributed by atoms with E-state index in [1.165, 1.54) is 0 Å². The van der Waals surface area contributed by atoms with Gasteiger partial charge in [0, 0.05) is 17.6 Å². The van der Waals surface area contributed by atoms with Crippen LogP contribution in [0.1, 0.15) is 11.7 Å². The summed E-state index contributed by atoms with van der Waals surface area (Å²) >= 11 is 5.90. The average molecular weight is 311 g/mol. The number of amides is 1. The van der Waals surface area contributed by atoms with Crippen molar-refractivity contribution in [2.24, 2.45) is 11.7 Å². The molecule has 3 atom stereocenters. The number of hydrogen-bond donors (Lipinski definition) is 1. The molecule has 0 radical (unpaired) electrons. The van der Waals surface area contributed by atoms with E-state index < -0.39 is 0 Å². The summed E-state index contributed by atoms with van der Waals surface area (Å²) in [5, 5.41) is 0.691. The predicted octanol–water partition coefficient (Wildman–Crippen LogP) is 1.21. The predicted molar refractivity (Wildman–Crippen MR) is 79.0 cm³/mol. The zero-order chi connectivity index (χ0) is 14.8. The molecule has 3 rings (SSSR count). The number of ether oxygens (including phenoxy) is 2. The summed E-state index contributed by atoms with van der Waals surface area (Å²) in [5.41, 5.74) is 6.96. The molecule has 2 heterocycles. The van der Waals surface area contributed by atoms with Crippen molar-refractivity contribution in [1.82, 2.24) is 4.90 Å². The number of rotatable bonds is 2. The van der Waals surface area contributed by atoms with Crippen LogP contribution in [0.3, 0.4) is 0 Å². The van der Waals surface area contributed by atoms with E-state index in [-0.39, 0.29) is 24.0 Å². The Morgan fingerprint density at radius 3 is 2.71 bits per heavy atom. The molecule has 0 aromatic heterocycles. The van der Waals surface area contributed by atoms with Gasteiger partial charge in [-0.1, -0.05) is 23.7 Å². The van der Waals surface area contributed by atoms with Gasteiger partial charge in [0.2, 0.25) is 5.91 Å². The molecule has 0 bridgehead atoms. The molecule has 1 aromatic carbocycles. The number of carbonyl (C=O) groups is 1. The standard InChI is InChI=1S/C15H19ClN2O3/c16-11-3-1-10(2-4-11)14-7-18(5-6-21-14)15(19)12-8-20-9-13(12)17/h1-4,12-14H,5-9,17H2. The Labute approximate surface area is 128 Å². The third-order valence-electron chi connectivity index (χ3n) is 4.06. The molecule has 2 fully saturated rings. The van der Waals surface area contributed by atoms with Gasteiger partial charge in [-0.05, 0) is 17.7 Å². The third kappa shape index (κ3) is 3.21. The molecule has 1 aromatic rings. The van der Waals surface area contributed by atoms with Crippen LogP contribution < -0.4 is 5.73 Å². The molecule has 5 nitrogen and oxygen atoms in total. The van der Waals surface area contributed by atoms with Gasteiger partial charge >= 0.3 is 0 Å². The molecule has 3 unspecified atom stereocenters. The fourth-order valence-corrected chi connectivity index (χ4v) is 2.91. The first kappa shape index (κ1) is 14.8. The quantitative estimate of drug-likeness (QED) is 0.892. The second kappa shape index (κ2) is 6.32. The van der Waals surface area contributed by atoms with Gasteiger partial charge in [0.15, 0.2) is 0 Å². The number of carbonyl (C=O) groups excluding carboxylic acids is 1. The number of nitrogens with two attached hydrogens (primary N) is 1. The first-order chi connectivity index (χ1) is 10.1. The molecule has 114 valence electrons. The maximum atomic E-state index is 12.5. The molecule has 6 heteroatoms. The summed E-state index contributed by atoms with van der Waals surface area (Å²) in [6.07, 6.45) is -0.112. The van der Waals surface area contributed by atoms with Crippen molar-refractivity contribution in [2.75, 3.05) is 32.9 Å². The molecular weight excluding hydrogens is 292 g/mol. The third-order valence-corrected chi connectivity index (χ3v) is 4.31. The Balaban J connectivity index is 1.68. The van der Waals surface area contributed by atoms with Crippen molar-refractivity contribution < 1.29 is 14.3 Å². The molecule has 2 saturated heterocycles. The maximum absolute atomic E-state index is 12.5. The van der Waals surface area contributed by atoms with Crippen LogP contribution >= 0.6 is 11.6 Å². The second-order valence-corrected chi connectivity index (χ2v) is 5.94. The van der Waals surface area contributed by atoms with Crippen LogP contribution in [-0.2, 0) is 14.3 Å². The Hall–Kier alpha value is -1.14. The van der Waals surface area contributed by atoms with E-state index in [2.05, 4.69) is 0 Å². The van der Waals surface area contributed by atoms with E-state index in [9.17, 15) is 4.79 Å². The number of benzene rings is 1. The summed E-state index contributed by atoms with van der Waals surface area (Å²) in [6, 6.07) is 7.34. The van der Waals surface area contributed by atoms with Gasteiger partial charge < -0.3 is 20.1 Å². The van der Waals surface area contributed by atoms with Crippen molar-refractivity contribution in [3.63, 3.8) is 0 Å². The topological polar surface area (TPSA) is 64.8 Å². The molecule has 0 aliphatic carbocycles. The zero-order valence-electron chi connectivity index (χ0n) is 11.7. The zero-order valence-corrected chi connectivity index (χ0v) is 12.5. The lowest BCUT2D eigenvalue weighted by Crippen LogP contribution is -2.48. The average Bonchev–Trinajstić information content (AvgIpc) is 2.93. The monoisotopic (exact) mass is 310 g/mol. The Morgan fingerprint density at radius 1 is 1.29 bits per heavy atom. The SMILES string of the molecule is NC1COCC1C(=O)N1CCOC(c2ccc(Cl)cc2)C1. The van der Waals surface area contributed by atoms with Crippen molar-refractivity contribution in [3.8, 4) is 0 Å². The van der Waals surface area contributed by atoms with Crippen LogP contribution in [0.15, 0.2) is 24.3 Å². The molecule has 0 saturated carbocycles. The first-order valence-corrected chi connectivity index (χ1v) is 7.52. The fraction of sp³-hybridized carbons (Fsp3) is 0.533. The highest BCUT2D eigenvalue weighted by molar-refractivity contribution is 6.30. The van der Waals surface area contributed by atoms with Gasteiger partial charge in [0.1, 0.15) is 6.10 Å². The maximum Gasteiger partial charge on any atom is 0.229 e. The van der Waals surface area contributed by atoms with Crippen LogP contribution in [0.25, 0.3) is 0 Å². The summed E-state index contributed by atoms with van der Waals surface area (Å²) in [4.78, 5) is 14.4. The van der Waals surface area contributed by atoms with Gasteiger partial charge in [-0.25, -0.2) is 0 Å². The molecule has 2 aliphatic heterocycles.